The minimum absolute atomic E-state index is 0.578. The minimum atomic E-state index is 0.578. The van der Waals surface area contributed by atoms with E-state index in [1.54, 1.807) is 5.54 Å². The summed E-state index contributed by atoms with van der Waals surface area (Å²) in [6.45, 7) is 2.93. The molecule has 1 aromatic carbocycles. The molecule has 80 valence electrons. The molecular formula is C13H16ClN. The normalized spacial score (nSPS) is 16.8. The number of hydrogen-bond acceptors (Lipinski definition) is 1. The van der Waals surface area contributed by atoms with Gasteiger partial charge in [-0.2, -0.15) is 0 Å². The topological polar surface area (TPSA) is 12.0 Å². The van der Waals surface area contributed by atoms with E-state index in [2.05, 4.69) is 29.6 Å². The van der Waals surface area contributed by atoms with E-state index in [1.165, 1.54) is 16.7 Å². The third-order valence-corrected chi connectivity index (χ3v) is 3.28. The average molecular weight is 222 g/mol. The Hall–Kier alpha value is -0.790. The van der Waals surface area contributed by atoms with Gasteiger partial charge in [-0.25, -0.2) is 0 Å². The molecule has 15 heavy (non-hydrogen) atoms. The summed E-state index contributed by atoms with van der Waals surface area (Å²) < 4.78 is 0. The van der Waals surface area contributed by atoms with E-state index in [9.17, 15) is 0 Å². The van der Waals surface area contributed by atoms with E-state index in [-0.39, 0.29) is 0 Å². The molecule has 2 heteroatoms. The molecule has 1 nitrogen and oxygen atoms in total. The zero-order valence-corrected chi connectivity index (χ0v) is 9.72. The van der Waals surface area contributed by atoms with Crippen LogP contribution < -0.4 is 5.32 Å². The lowest BCUT2D eigenvalue weighted by atomic mass is 10.1. The standard InChI is InChI=1S/C13H16ClN/c1-10(8-14)9-15-13-6-11-4-2-3-5-12(11)7-13/h2-5,8,13,15H,6-7,9H2,1H3/b10-8-. The fourth-order valence-corrected chi connectivity index (χ4v) is 2.12. The summed E-state index contributed by atoms with van der Waals surface area (Å²) >= 11 is 5.62. The predicted octanol–water partition coefficient (Wildman–Crippen LogP) is 2.89. The SMILES string of the molecule is C/C(=C/Cl)CNC1Cc2ccccc2C1. The fourth-order valence-electron chi connectivity index (χ4n) is 2.05. The third-order valence-electron chi connectivity index (χ3n) is 2.91. The van der Waals surface area contributed by atoms with Crippen LogP contribution in [0, 0.1) is 0 Å². The van der Waals surface area contributed by atoms with E-state index in [1.807, 2.05) is 6.92 Å². The quantitative estimate of drug-likeness (QED) is 0.828. The molecule has 0 radical (unpaired) electrons. The highest BCUT2D eigenvalue weighted by Crippen LogP contribution is 2.21. The van der Waals surface area contributed by atoms with Crippen molar-refractivity contribution in [2.75, 3.05) is 6.54 Å². The van der Waals surface area contributed by atoms with Gasteiger partial charge in [0.15, 0.2) is 0 Å². The Morgan fingerprint density at radius 1 is 1.40 bits per heavy atom. The van der Waals surface area contributed by atoms with Crippen LogP contribution in [0.1, 0.15) is 18.1 Å². The molecule has 2 rings (SSSR count). The zero-order valence-electron chi connectivity index (χ0n) is 8.96. The summed E-state index contributed by atoms with van der Waals surface area (Å²) in [6, 6.07) is 9.26. The Bertz CT molecular complexity index is 346. The molecule has 0 saturated carbocycles. The molecule has 1 aliphatic carbocycles. The monoisotopic (exact) mass is 221 g/mol. The highest BCUT2D eigenvalue weighted by atomic mass is 35.5. The van der Waals surface area contributed by atoms with Gasteiger partial charge in [-0.3, -0.25) is 0 Å². The number of hydrogen-bond donors (Lipinski definition) is 1. The molecule has 1 aliphatic rings. The molecule has 1 aromatic rings. The van der Waals surface area contributed by atoms with Gasteiger partial charge in [0.2, 0.25) is 0 Å². The van der Waals surface area contributed by atoms with E-state index in [0.29, 0.717) is 6.04 Å². The van der Waals surface area contributed by atoms with Gasteiger partial charge in [-0.15, -0.1) is 0 Å². The van der Waals surface area contributed by atoms with Crippen molar-refractivity contribution in [3.05, 3.63) is 46.5 Å². The smallest absolute Gasteiger partial charge is 0.0176 e. The lowest BCUT2D eigenvalue weighted by molar-refractivity contribution is 0.559. The van der Waals surface area contributed by atoms with Crippen molar-refractivity contribution in [3.63, 3.8) is 0 Å². The first kappa shape index (κ1) is 10.7. The summed E-state index contributed by atoms with van der Waals surface area (Å²) in [4.78, 5) is 0. The number of halogens is 1. The first-order valence-electron chi connectivity index (χ1n) is 5.35. The summed E-state index contributed by atoms with van der Waals surface area (Å²) in [7, 11) is 0. The maximum atomic E-state index is 5.62. The second kappa shape index (κ2) is 4.82. The lowest BCUT2D eigenvalue weighted by Crippen LogP contribution is -2.30. The Kier molecular flexibility index (Phi) is 3.45. The van der Waals surface area contributed by atoms with Crippen LogP contribution in [0.2, 0.25) is 0 Å². The largest absolute Gasteiger partial charge is 0.310 e. The highest BCUT2D eigenvalue weighted by molar-refractivity contribution is 6.25. The predicted molar refractivity (Wildman–Crippen MR) is 65.3 cm³/mol. The molecule has 1 N–H and O–H groups in total. The highest BCUT2D eigenvalue weighted by Gasteiger charge is 2.19. The van der Waals surface area contributed by atoms with Gasteiger partial charge < -0.3 is 5.32 Å². The zero-order chi connectivity index (χ0) is 10.7. The van der Waals surface area contributed by atoms with Gasteiger partial charge in [0, 0.05) is 18.1 Å². The summed E-state index contributed by atoms with van der Waals surface area (Å²) in [5, 5.41) is 3.53. The Morgan fingerprint density at radius 3 is 2.53 bits per heavy atom. The van der Waals surface area contributed by atoms with Crippen molar-refractivity contribution in [2.24, 2.45) is 0 Å². The van der Waals surface area contributed by atoms with Gasteiger partial charge in [0.25, 0.3) is 0 Å². The number of nitrogens with one attached hydrogen (secondary N) is 1. The maximum absolute atomic E-state index is 5.62. The van der Waals surface area contributed by atoms with Crippen molar-refractivity contribution < 1.29 is 0 Å². The summed E-state index contributed by atoms with van der Waals surface area (Å²) in [6.07, 6.45) is 2.29. The van der Waals surface area contributed by atoms with Gasteiger partial charge in [-0.1, -0.05) is 35.9 Å². The van der Waals surface area contributed by atoms with Crippen molar-refractivity contribution in [1.29, 1.82) is 0 Å². The molecule has 0 bridgehead atoms. The van der Waals surface area contributed by atoms with Crippen LogP contribution in [0.5, 0.6) is 0 Å². The molecule has 0 aromatic heterocycles. The molecule has 0 amide bonds. The van der Waals surface area contributed by atoms with E-state index in [4.69, 9.17) is 11.6 Å². The molecule has 0 saturated heterocycles. The molecule has 0 unspecified atom stereocenters. The van der Waals surface area contributed by atoms with Crippen LogP contribution in [-0.2, 0) is 12.8 Å². The van der Waals surface area contributed by atoms with Crippen LogP contribution in [0.25, 0.3) is 0 Å². The molecule has 0 aliphatic heterocycles. The van der Waals surface area contributed by atoms with Crippen LogP contribution in [-0.4, -0.2) is 12.6 Å². The first-order valence-corrected chi connectivity index (χ1v) is 5.79. The van der Waals surface area contributed by atoms with Crippen molar-refractivity contribution in [1.82, 2.24) is 5.32 Å². The third kappa shape index (κ3) is 2.61. The minimum Gasteiger partial charge on any atom is -0.310 e. The summed E-state index contributed by atoms with van der Waals surface area (Å²) in [5.41, 5.74) is 5.81. The molecule has 0 atom stereocenters. The van der Waals surface area contributed by atoms with Crippen LogP contribution in [0.15, 0.2) is 35.4 Å². The van der Waals surface area contributed by atoms with Crippen LogP contribution in [0.3, 0.4) is 0 Å². The number of rotatable bonds is 3. The molecular weight excluding hydrogens is 206 g/mol. The fraction of sp³-hybridized carbons (Fsp3) is 0.385. The van der Waals surface area contributed by atoms with Crippen LogP contribution in [0.4, 0.5) is 0 Å². The Labute approximate surface area is 96.1 Å². The maximum Gasteiger partial charge on any atom is 0.0176 e. The first-order chi connectivity index (χ1) is 7.29. The lowest BCUT2D eigenvalue weighted by Gasteiger charge is -2.11. The van der Waals surface area contributed by atoms with Crippen molar-refractivity contribution >= 4 is 11.6 Å². The second-order valence-electron chi connectivity index (χ2n) is 4.21. The second-order valence-corrected chi connectivity index (χ2v) is 4.43. The Balaban J connectivity index is 1.91. The summed E-state index contributed by atoms with van der Waals surface area (Å²) in [5.74, 6) is 0. The average Bonchev–Trinajstić information content (AvgIpc) is 2.68. The van der Waals surface area contributed by atoms with E-state index >= 15 is 0 Å². The van der Waals surface area contributed by atoms with Crippen molar-refractivity contribution in [2.45, 2.75) is 25.8 Å². The van der Waals surface area contributed by atoms with E-state index in [0.717, 1.165) is 19.4 Å². The van der Waals surface area contributed by atoms with Crippen molar-refractivity contribution in [3.8, 4) is 0 Å². The number of fused-ring (bicyclic) bond motifs is 1. The molecule has 0 fully saturated rings. The van der Waals surface area contributed by atoms with Gasteiger partial charge >= 0.3 is 0 Å². The molecule has 0 heterocycles. The van der Waals surface area contributed by atoms with Crippen LogP contribution >= 0.6 is 11.6 Å². The van der Waals surface area contributed by atoms with Gasteiger partial charge in [0.1, 0.15) is 0 Å². The molecule has 0 spiro atoms. The number of benzene rings is 1. The Morgan fingerprint density at radius 2 is 2.00 bits per heavy atom. The van der Waals surface area contributed by atoms with Gasteiger partial charge in [0.05, 0.1) is 0 Å². The van der Waals surface area contributed by atoms with Gasteiger partial charge in [-0.05, 0) is 36.5 Å². The van der Waals surface area contributed by atoms with E-state index < -0.39 is 0 Å².